The Morgan fingerprint density at radius 1 is 1.35 bits per heavy atom. The van der Waals surface area contributed by atoms with E-state index in [0.29, 0.717) is 12.6 Å². The van der Waals surface area contributed by atoms with E-state index in [0.717, 1.165) is 37.8 Å². The zero-order valence-corrected chi connectivity index (χ0v) is 12.4. The van der Waals surface area contributed by atoms with Gasteiger partial charge in [0.25, 0.3) is 0 Å². The lowest BCUT2D eigenvalue weighted by Gasteiger charge is -2.38. The lowest BCUT2D eigenvalue weighted by Crippen LogP contribution is -2.46. The minimum Gasteiger partial charge on any atom is -0.339 e. The number of amides is 1. The maximum Gasteiger partial charge on any atom is 0.230 e. The van der Waals surface area contributed by atoms with Crippen molar-refractivity contribution in [3.05, 3.63) is 35.9 Å². The molecule has 2 rings (SSSR count). The van der Waals surface area contributed by atoms with Crippen LogP contribution in [0.2, 0.25) is 0 Å². The molecule has 0 radical (unpaired) electrons. The Bertz CT molecular complexity index is 416. The Hall–Kier alpha value is -1.35. The molecule has 1 amide bonds. The molecule has 0 bridgehead atoms. The molecule has 1 aliphatic rings. The fourth-order valence-corrected chi connectivity index (χ4v) is 3.22. The zero-order valence-electron chi connectivity index (χ0n) is 12.4. The fourth-order valence-electron chi connectivity index (χ4n) is 3.22. The summed E-state index contributed by atoms with van der Waals surface area (Å²) in [6.07, 6.45) is 5.23. The molecule has 1 heterocycles. The molecule has 20 heavy (non-hydrogen) atoms. The number of hydrogen-bond acceptors (Lipinski definition) is 2. The van der Waals surface area contributed by atoms with E-state index in [1.807, 2.05) is 18.2 Å². The van der Waals surface area contributed by atoms with Crippen molar-refractivity contribution in [1.29, 1.82) is 0 Å². The van der Waals surface area contributed by atoms with Gasteiger partial charge in [-0.15, -0.1) is 0 Å². The van der Waals surface area contributed by atoms with E-state index in [1.54, 1.807) is 0 Å². The molecule has 1 aromatic carbocycles. The van der Waals surface area contributed by atoms with E-state index < -0.39 is 0 Å². The Morgan fingerprint density at radius 3 is 2.75 bits per heavy atom. The van der Waals surface area contributed by atoms with Gasteiger partial charge >= 0.3 is 0 Å². The van der Waals surface area contributed by atoms with Gasteiger partial charge in [0.05, 0.1) is 5.92 Å². The van der Waals surface area contributed by atoms with E-state index in [1.165, 1.54) is 6.42 Å². The second-order valence-electron chi connectivity index (χ2n) is 5.63. The molecular formula is C17H26N2O. The molecule has 1 aromatic rings. The van der Waals surface area contributed by atoms with E-state index in [-0.39, 0.29) is 11.8 Å². The minimum absolute atomic E-state index is 0.00502. The number of carbonyl (C=O) groups excluding carboxylic acids is 1. The average Bonchev–Trinajstić information content (AvgIpc) is 2.50. The largest absolute Gasteiger partial charge is 0.339 e. The third kappa shape index (κ3) is 3.40. The predicted molar refractivity (Wildman–Crippen MR) is 82.5 cm³/mol. The third-order valence-corrected chi connectivity index (χ3v) is 4.32. The van der Waals surface area contributed by atoms with E-state index in [4.69, 9.17) is 5.73 Å². The van der Waals surface area contributed by atoms with Crippen LogP contribution in [0.4, 0.5) is 0 Å². The van der Waals surface area contributed by atoms with E-state index in [2.05, 4.69) is 24.0 Å². The van der Waals surface area contributed by atoms with Crippen LogP contribution in [0.5, 0.6) is 0 Å². The lowest BCUT2D eigenvalue weighted by molar-refractivity contribution is -0.136. The van der Waals surface area contributed by atoms with Crippen LogP contribution in [0.3, 0.4) is 0 Å². The Morgan fingerprint density at radius 2 is 2.10 bits per heavy atom. The monoisotopic (exact) mass is 274 g/mol. The number of rotatable bonds is 5. The first-order chi connectivity index (χ1) is 9.77. The van der Waals surface area contributed by atoms with Gasteiger partial charge in [0.2, 0.25) is 5.91 Å². The van der Waals surface area contributed by atoms with Crippen molar-refractivity contribution in [3.8, 4) is 0 Å². The molecule has 2 atom stereocenters. The van der Waals surface area contributed by atoms with Gasteiger partial charge < -0.3 is 10.6 Å². The molecule has 0 spiro atoms. The van der Waals surface area contributed by atoms with Crippen LogP contribution in [0.1, 0.15) is 50.5 Å². The molecule has 2 unspecified atom stereocenters. The highest BCUT2D eigenvalue weighted by atomic mass is 16.2. The molecular weight excluding hydrogens is 248 g/mol. The predicted octanol–water partition coefficient (Wildman–Crippen LogP) is 2.91. The summed E-state index contributed by atoms with van der Waals surface area (Å²) < 4.78 is 0. The van der Waals surface area contributed by atoms with Crippen molar-refractivity contribution in [2.24, 2.45) is 5.73 Å². The van der Waals surface area contributed by atoms with Crippen LogP contribution in [-0.4, -0.2) is 29.9 Å². The summed E-state index contributed by atoms with van der Waals surface area (Å²) in [5, 5.41) is 0. The Balaban J connectivity index is 2.14. The summed E-state index contributed by atoms with van der Waals surface area (Å²) >= 11 is 0. The van der Waals surface area contributed by atoms with Crippen molar-refractivity contribution in [1.82, 2.24) is 4.90 Å². The first kappa shape index (κ1) is 15.0. The number of hydrogen-bond donors (Lipinski definition) is 1. The second kappa shape index (κ2) is 7.44. The van der Waals surface area contributed by atoms with Crippen molar-refractivity contribution >= 4 is 5.91 Å². The van der Waals surface area contributed by atoms with Crippen LogP contribution >= 0.6 is 0 Å². The van der Waals surface area contributed by atoms with Gasteiger partial charge in [-0.3, -0.25) is 4.79 Å². The first-order valence-electron chi connectivity index (χ1n) is 7.83. The van der Waals surface area contributed by atoms with Crippen LogP contribution in [0.15, 0.2) is 30.3 Å². The SMILES string of the molecule is CCC(C(=O)N1CCCCC1CCN)c1ccccc1. The number of nitrogens with zero attached hydrogens (tertiary/aromatic N) is 1. The van der Waals surface area contributed by atoms with Crippen molar-refractivity contribution in [2.75, 3.05) is 13.1 Å². The molecule has 1 fully saturated rings. The quantitative estimate of drug-likeness (QED) is 0.897. The van der Waals surface area contributed by atoms with E-state index >= 15 is 0 Å². The van der Waals surface area contributed by atoms with Gasteiger partial charge in [0.1, 0.15) is 0 Å². The van der Waals surface area contributed by atoms with Gasteiger partial charge in [0, 0.05) is 12.6 Å². The molecule has 1 saturated heterocycles. The highest BCUT2D eigenvalue weighted by Crippen LogP contribution is 2.27. The number of benzene rings is 1. The summed E-state index contributed by atoms with van der Waals surface area (Å²) in [6, 6.07) is 10.5. The molecule has 0 aliphatic carbocycles. The number of carbonyl (C=O) groups is 1. The Kier molecular flexibility index (Phi) is 5.60. The van der Waals surface area contributed by atoms with Crippen LogP contribution in [0, 0.1) is 0 Å². The minimum atomic E-state index is -0.00502. The highest BCUT2D eigenvalue weighted by Gasteiger charge is 2.30. The molecule has 0 aromatic heterocycles. The smallest absolute Gasteiger partial charge is 0.230 e. The van der Waals surface area contributed by atoms with Crippen LogP contribution in [-0.2, 0) is 4.79 Å². The lowest BCUT2D eigenvalue weighted by atomic mass is 9.91. The topological polar surface area (TPSA) is 46.3 Å². The molecule has 110 valence electrons. The van der Waals surface area contributed by atoms with Gasteiger partial charge in [-0.2, -0.15) is 0 Å². The molecule has 0 saturated carbocycles. The number of nitrogens with two attached hydrogens (primary N) is 1. The third-order valence-electron chi connectivity index (χ3n) is 4.32. The van der Waals surface area contributed by atoms with Crippen molar-refractivity contribution in [3.63, 3.8) is 0 Å². The highest BCUT2D eigenvalue weighted by molar-refractivity contribution is 5.84. The molecule has 3 heteroatoms. The first-order valence-corrected chi connectivity index (χ1v) is 7.83. The second-order valence-corrected chi connectivity index (χ2v) is 5.63. The standard InChI is InChI=1S/C17H26N2O/c1-2-16(14-8-4-3-5-9-14)17(20)19-13-7-6-10-15(19)11-12-18/h3-5,8-9,15-16H,2,6-7,10-13,18H2,1H3. The maximum atomic E-state index is 12.9. The molecule has 2 N–H and O–H groups in total. The normalized spacial score (nSPS) is 20.7. The zero-order chi connectivity index (χ0) is 14.4. The number of likely N-dealkylation sites (tertiary alicyclic amines) is 1. The summed E-state index contributed by atoms with van der Waals surface area (Å²) in [7, 11) is 0. The van der Waals surface area contributed by atoms with Gasteiger partial charge in [-0.1, -0.05) is 37.3 Å². The van der Waals surface area contributed by atoms with Crippen molar-refractivity contribution in [2.45, 2.75) is 51.0 Å². The van der Waals surface area contributed by atoms with Gasteiger partial charge in [0.15, 0.2) is 0 Å². The average molecular weight is 274 g/mol. The van der Waals surface area contributed by atoms with Gasteiger partial charge in [-0.25, -0.2) is 0 Å². The van der Waals surface area contributed by atoms with Crippen molar-refractivity contribution < 1.29 is 4.79 Å². The van der Waals surface area contributed by atoms with Crippen LogP contribution < -0.4 is 5.73 Å². The van der Waals surface area contributed by atoms with E-state index in [9.17, 15) is 4.79 Å². The Labute approximate surface area is 122 Å². The summed E-state index contributed by atoms with van der Waals surface area (Å²) in [5.41, 5.74) is 6.84. The summed E-state index contributed by atoms with van der Waals surface area (Å²) in [5.74, 6) is 0.284. The number of piperidine rings is 1. The van der Waals surface area contributed by atoms with Gasteiger partial charge in [-0.05, 0) is 44.2 Å². The molecule has 1 aliphatic heterocycles. The van der Waals surface area contributed by atoms with Crippen LogP contribution in [0.25, 0.3) is 0 Å². The summed E-state index contributed by atoms with van der Waals surface area (Å²) in [4.78, 5) is 15.0. The summed E-state index contributed by atoms with van der Waals surface area (Å²) in [6.45, 7) is 3.65. The molecule has 3 nitrogen and oxygen atoms in total. The fraction of sp³-hybridized carbons (Fsp3) is 0.588. The maximum absolute atomic E-state index is 12.9.